The molecule has 2 heterocycles. The zero-order valence-electron chi connectivity index (χ0n) is 25.1. The van der Waals surface area contributed by atoms with Gasteiger partial charge in [0.05, 0.1) is 6.61 Å². The first kappa shape index (κ1) is 36.3. The van der Waals surface area contributed by atoms with Gasteiger partial charge in [-0.25, -0.2) is 0 Å². The maximum Gasteiger partial charge on any atom is 0.305 e. The van der Waals surface area contributed by atoms with Crippen LogP contribution in [0.3, 0.4) is 0 Å². The van der Waals surface area contributed by atoms with Crippen LogP contribution in [0.2, 0.25) is 0 Å². The van der Waals surface area contributed by atoms with E-state index in [-0.39, 0.29) is 0 Å². The van der Waals surface area contributed by atoms with Gasteiger partial charge in [0.2, 0.25) is 12.4 Å². The van der Waals surface area contributed by atoms with Gasteiger partial charge in [0.1, 0.15) is 24.9 Å². The van der Waals surface area contributed by atoms with Crippen molar-refractivity contribution in [3.8, 4) is 0 Å². The highest BCUT2D eigenvalue weighted by Gasteiger charge is 2.57. The number of carbonyl (C=O) groups excluding carboxylic acids is 7. The summed E-state index contributed by atoms with van der Waals surface area (Å²) in [6.07, 6.45) is -16.0. The lowest BCUT2D eigenvalue weighted by atomic mass is 9.96. The minimum atomic E-state index is -1.79. The SMILES string of the molecule is CC(=O)OC[C@H]1O[C@@H](O[C@H]2[C@H](OC(C)=O)[C@@H](OC(C)=O)[C@H](OC(C)=O)O[C@@H]2CO)[C@H](OC(C)=O)[C@@H](OC(C)=O)[C@H]1OC(C)=O. The highest BCUT2D eigenvalue weighted by molar-refractivity contribution is 5.69. The lowest BCUT2D eigenvalue weighted by molar-refractivity contribution is -0.357. The standard InChI is InChI=1S/C26H36O18/c1-10(28)35-9-18-20(36-11(2)29)22(38-13(4)31)24(40-15(6)33)26(43-18)44-19-17(8-27)42-25(41-16(7)34)23(39-14(5)32)21(19)37-12(3)30/h17-27H,8-9H2,1-7H3/t17-,18-,19-,20+,21+,22+,23-,24-,25-,26+/m1/s1. The third kappa shape index (κ3) is 10.4. The van der Waals surface area contributed by atoms with Crippen LogP contribution < -0.4 is 0 Å². The van der Waals surface area contributed by atoms with Crippen LogP contribution in [0.25, 0.3) is 0 Å². The number of esters is 7. The summed E-state index contributed by atoms with van der Waals surface area (Å²) in [4.78, 5) is 83.7. The molecule has 248 valence electrons. The first-order chi connectivity index (χ1) is 20.5. The van der Waals surface area contributed by atoms with Crippen molar-refractivity contribution in [2.75, 3.05) is 13.2 Å². The van der Waals surface area contributed by atoms with Gasteiger partial charge in [-0.05, 0) is 0 Å². The van der Waals surface area contributed by atoms with Crippen molar-refractivity contribution >= 4 is 41.8 Å². The molecule has 44 heavy (non-hydrogen) atoms. The van der Waals surface area contributed by atoms with Gasteiger partial charge in [0.15, 0.2) is 30.7 Å². The number of aliphatic hydroxyl groups is 1. The molecule has 2 aliphatic heterocycles. The normalized spacial score (nSPS) is 31.5. The van der Waals surface area contributed by atoms with E-state index >= 15 is 0 Å². The molecule has 2 fully saturated rings. The summed E-state index contributed by atoms with van der Waals surface area (Å²) in [6.45, 7) is 5.81. The average Bonchev–Trinajstić information content (AvgIpc) is 2.87. The predicted molar refractivity (Wildman–Crippen MR) is 135 cm³/mol. The maximum absolute atomic E-state index is 12.2. The van der Waals surface area contributed by atoms with Crippen molar-refractivity contribution in [3.63, 3.8) is 0 Å². The molecule has 0 saturated carbocycles. The van der Waals surface area contributed by atoms with Gasteiger partial charge in [-0.15, -0.1) is 0 Å². The lowest BCUT2D eigenvalue weighted by Crippen LogP contribution is -2.67. The maximum atomic E-state index is 12.2. The molecule has 0 unspecified atom stereocenters. The van der Waals surface area contributed by atoms with Gasteiger partial charge in [0, 0.05) is 48.5 Å². The minimum Gasteiger partial charge on any atom is -0.463 e. The number of aliphatic hydroxyl groups excluding tert-OH is 1. The fourth-order valence-corrected chi connectivity index (χ4v) is 4.54. The van der Waals surface area contributed by atoms with Crippen LogP contribution in [0.5, 0.6) is 0 Å². The summed E-state index contributed by atoms with van der Waals surface area (Å²) >= 11 is 0. The fraction of sp³-hybridized carbons (Fsp3) is 0.731. The second-order valence-corrected chi connectivity index (χ2v) is 9.65. The van der Waals surface area contributed by atoms with Gasteiger partial charge in [-0.2, -0.15) is 0 Å². The second-order valence-electron chi connectivity index (χ2n) is 9.65. The number of hydrogen-bond acceptors (Lipinski definition) is 18. The molecular formula is C26H36O18. The molecule has 0 spiro atoms. The van der Waals surface area contributed by atoms with E-state index in [0.29, 0.717) is 0 Å². The van der Waals surface area contributed by atoms with Crippen molar-refractivity contribution in [3.05, 3.63) is 0 Å². The second kappa shape index (κ2) is 16.3. The van der Waals surface area contributed by atoms with Gasteiger partial charge in [-0.1, -0.05) is 0 Å². The highest BCUT2D eigenvalue weighted by atomic mass is 16.8. The summed E-state index contributed by atoms with van der Waals surface area (Å²) in [5, 5.41) is 10.2. The Labute approximate surface area is 251 Å². The smallest absolute Gasteiger partial charge is 0.305 e. The van der Waals surface area contributed by atoms with Gasteiger partial charge in [-0.3, -0.25) is 33.6 Å². The predicted octanol–water partition coefficient (Wildman–Crippen LogP) is -1.40. The molecule has 0 radical (unpaired) electrons. The summed E-state index contributed by atoms with van der Waals surface area (Å²) in [5.74, 6) is -6.13. The lowest BCUT2D eigenvalue weighted by Gasteiger charge is -2.48. The van der Waals surface area contributed by atoms with Crippen molar-refractivity contribution in [1.29, 1.82) is 0 Å². The molecule has 2 rings (SSSR count). The Morgan fingerprint density at radius 1 is 0.477 bits per heavy atom. The third-order valence-electron chi connectivity index (χ3n) is 5.90. The van der Waals surface area contributed by atoms with Crippen molar-refractivity contribution < 1.29 is 86.0 Å². The Morgan fingerprint density at radius 3 is 1.30 bits per heavy atom. The van der Waals surface area contributed by atoms with E-state index in [1.54, 1.807) is 0 Å². The molecule has 2 saturated heterocycles. The number of ether oxygens (including phenoxy) is 10. The molecule has 1 N–H and O–H groups in total. The van der Waals surface area contributed by atoms with Crippen molar-refractivity contribution in [2.24, 2.45) is 0 Å². The molecule has 18 nitrogen and oxygen atoms in total. The molecule has 0 aliphatic carbocycles. The zero-order chi connectivity index (χ0) is 33.3. The molecule has 0 amide bonds. The summed E-state index contributed by atoms with van der Waals surface area (Å²) in [6, 6.07) is 0. The first-order valence-corrected chi connectivity index (χ1v) is 13.3. The van der Waals surface area contributed by atoms with Crippen LogP contribution in [0.4, 0.5) is 0 Å². The van der Waals surface area contributed by atoms with Crippen LogP contribution in [-0.4, -0.2) is 122 Å². The van der Waals surface area contributed by atoms with E-state index in [2.05, 4.69) is 0 Å². The fourth-order valence-electron chi connectivity index (χ4n) is 4.54. The summed E-state index contributed by atoms with van der Waals surface area (Å²) < 4.78 is 54.4. The molecule has 0 bridgehead atoms. The van der Waals surface area contributed by atoms with E-state index in [0.717, 1.165) is 48.5 Å². The Kier molecular flexibility index (Phi) is 13.4. The van der Waals surface area contributed by atoms with Gasteiger partial charge >= 0.3 is 41.8 Å². The number of carbonyl (C=O) groups is 7. The van der Waals surface area contributed by atoms with Gasteiger partial charge in [0.25, 0.3) is 0 Å². The van der Waals surface area contributed by atoms with Crippen LogP contribution >= 0.6 is 0 Å². The minimum absolute atomic E-state index is 0.569. The third-order valence-corrected chi connectivity index (χ3v) is 5.90. The number of hydrogen-bond donors (Lipinski definition) is 1. The number of rotatable bonds is 11. The van der Waals surface area contributed by atoms with Crippen LogP contribution in [0, 0.1) is 0 Å². The van der Waals surface area contributed by atoms with Crippen LogP contribution in [0.15, 0.2) is 0 Å². The van der Waals surface area contributed by atoms with E-state index in [9.17, 15) is 38.7 Å². The zero-order valence-corrected chi connectivity index (χ0v) is 25.1. The molecule has 10 atom stereocenters. The van der Waals surface area contributed by atoms with E-state index < -0.39 is 116 Å². The Balaban J connectivity index is 2.65. The largest absolute Gasteiger partial charge is 0.463 e. The van der Waals surface area contributed by atoms with E-state index in [1.165, 1.54) is 0 Å². The first-order valence-electron chi connectivity index (χ1n) is 13.3. The van der Waals surface area contributed by atoms with Crippen LogP contribution in [-0.2, 0) is 80.9 Å². The molecule has 18 heteroatoms. The quantitative estimate of drug-likeness (QED) is 0.203. The molecule has 2 aliphatic rings. The highest BCUT2D eigenvalue weighted by Crippen LogP contribution is 2.35. The van der Waals surface area contributed by atoms with E-state index in [1.807, 2.05) is 0 Å². The van der Waals surface area contributed by atoms with Crippen LogP contribution in [0.1, 0.15) is 48.5 Å². The molecule has 0 aromatic heterocycles. The Morgan fingerprint density at radius 2 is 0.864 bits per heavy atom. The Hall–Kier alpha value is -3.87. The molecule has 0 aromatic carbocycles. The molecular weight excluding hydrogens is 600 g/mol. The summed E-state index contributed by atoms with van der Waals surface area (Å²) in [5.41, 5.74) is 0. The average molecular weight is 637 g/mol. The Bertz CT molecular complexity index is 1090. The van der Waals surface area contributed by atoms with Crippen molar-refractivity contribution in [1.82, 2.24) is 0 Å². The van der Waals surface area contributed by atoms with Crippen molar-refractivity contribution in [2.45, 2.75) is 110 Å². The topological polar surface area (TPSA) is 232 Å². The van der Waals surface area contributed by atoms with E-state index in [4.69, 9.17) is 47.4 Å². The van der Waals surface area contributed by atoms with Gasteiger partial charge < -0.3 is 52.5 Å². The molecule has 0 aromatic rings. The monoisotopic (exact) mass is 636 g/mol. The summed E-state index contributed by atoms with van der Waals surface area (Å²) in [7, 11) is 0.